The monoisotopic (exact) mass is 275 g/mol. The summed E-state index contributed by atoms with van der Waals surface area (Å²) < 4.78 is 4.97. The quantitative estimate of drug-likeness (QED) is 0.645. The van der Waals surface area contributed by atoms with E-state index in [-0.39, 0.29) is 12.6 Å². The highest BCUT2D eigenvalue weighted by Crippen LogP contribution is 2.12. The van der Waals surface area contributed by atoms with E-state index in [1.807, 2.05) is 25.1 Å². The van der Waals surface area contributed by atoms with Gasteiger partial charge < -0.3 is 20.3 Å². The molecule has 0 saturated carbocycles. The van der Waals surface area contributed by atoms with Gasteiger partial charge in [0.15, 0.2) is 5.76 Å². The van der Waals surface area contributed by atoms with E-state index in [4.69, 9.17) is 9.63 Å². The number of para-hydroxylation sites is 1. The zero-order valence-electron chi connectivity index (χ0n) is 11.7. The van der Waals surface area contributed by atoms with Crippen LogP contribution in [-0.2, 0) is 6.61 Å². The number of aliphatic hydroxyl groups excluding tert-OH is 1. The third-order valence-electron chi connectivity index (χ3n) is 3.08. The van der Waals surface area contributed by atoms with Crippen LogP contribution in [0, 0.1) is 0 Å². The van der Waals surface area contributed by atoms with Gasteiger partial charge in [-0.25, -0.2) is 0 Å². The molecule has 0 aliphatic rings. The van der Waals surface area contributed by atoms with Gasteiger partial charge in [0.05, 0.1) is 6.04 Å². The highest BCUT2D eigenvalue weighted by molar-refractivity contribution is 5.42. The highest BCUT2D eigenvalue weighted by atomic mass is 16.5. The average Bonchev–Trinajstić information content (AvgIpc) is 2.97. The largest absolute Gasteiger partial charge is 0.388 e. The Bertz CT molecular complexity index is 499. The predicted octanol–water partition coefficient (Wildman–Crippen LogP) is 2.32. The lowest BCUT2D eigenvalue weighted by molar-refractivity contribution is 0.228. The molecule has 2 aromatic rings. The Balaban J connectivity index is 1.63. The number of anilines is 1. The third kappa shape index (κ3) is 4.36. The van der Waals surface area contributed by atoms with E-state index in [0.29, 0.717) is 5.76 Å². The van der Waals surface area contributed by atoms with E-state index in [1.54, 1.807) is 6.07 Å². The number of rotatable bonds is 8. The zero-order valence-corrected chi connectivity index (χ0v) is 11.7. The second-order valence-electron chi connectivity index (χ2n) is 4.70. The van der Waals surface area contributed by atoms with Crippen LogP contribution in [0.5, 0.6) is 0 Å². The van der Waals surface area contributed by atoms with Crippen LogP contribution < -0.4 is 10.6 Å². The first-order valence-corrected chi connectivity index (χ1v) is 6.88. The Hall–Kier alpha value is -1.85. The van der Waals surface area contributed by atoms with Crippen LogP contribution in [0.15, 0.2) is 40.9 Å². The second-order valence-corrected chi connectivity index (χ2v) is 4.70. The van der Waals surface area contributed by atoms with Crippen LogP contribution in [0.1, 0.15) is 30.8 Å². The summed E-state index contributed by atoms with van der Waals surface area (Å²) in [5.41, 5.74) is 1.97. The minimum absolute atomic E-state index is 0.110. The van der Waals surface area contributed by atoms with Gasteiger partial charge in [0.25, 0.3) is 0 Å². The minimum atomic E-state index is -0.110. The maximum Gasteiger partial charge on any atom is 0.162 e. The van der Waals surface area contributed by atoms with E-state index in [9.17, 15) is 0 Å². The maximum atomic E-state index is 8.92. The van der Waals surface area contributed by atoms with Crippen LogP contribution in [0.2, 0.25) is 0 Å². The molecule has 1 atom stereocenters. The fourth-order valence-electron chi connectivity index (χ4n) is 1.91. The number of nitrogens with one attached hydrogen (secondary N) is 2. The van der Waals surface area contributed by atoms with Gasteiger partial charge in [0.2, 0.25) is 0 Å². The van der Waals surface area contributed by atoms with Crippen molar-refractivity contribution < 1.29 is 9.63 Å². The summed E-state index contributed by atoms with van der Waals surface area (Å²) in [7, 11) is 0. The van der Waals surface area contributed by atoms with Crippen LogP contribution >= 0.6 is 0 Å². The fraction of sp³-hybridized carbons (Fsp3) is 0.400. The molecule has 0 spiro atoms. The van der Waals surface area contributed by atoms with Crippen molar-refractivity contribution in [2.24, 2.45) is 0 Å². The van der Waals surface area contributed by atoms with Crippen molar-refractivity contribution in [2.75, 3.05) is 18.4 Å². The molecule has 0 amide bonds. The fourth-order valence-corrected chi connectivity index (χ4v) is 1.91. The molecule has 0 aliphatic heterocycles. The predicted molar refractivity (Wildman–Crippen MR) is 78.4 cm³/mol. The van der Waals surface area contributed by atoms with Crippen molar-refractivity contribution in [1.29, 1.82) is 0 Å². The molecule has 108 valence electrons. The maximum absolute atomic E-state index is 8.92. The SMILES string of the molecule is C[C@@H](NCCCNc1ccccc1)c1cc(CO)on1. The van der Waals surface area contributed by atoms with E-state index in [0.717, 1.165) is 30.9 Å². The Morgan fingerprint density at radius 3 is 2.75 bits per heavy atom. The van der Waals surface area contributed by atoms with Gasteiger partial charge in [0.1, 0.15) is 12.3 Å². The van der Waals surface area contributed by atoms with Gasteiger partial charge in [-0.15, -0.1) is 0 Å². The summed E-state index contributed by atoms with van der Waals surface area (Å²) in [5, 5.41) is 19.6. The molecule has 1 aromatic heterocycles. The smallest absolute Gasteiger partial charge is 0.162 e. The molecule has 0 bridgehead atoms. The Morgan fingerprint density at radius 1 is 1.25 bits per heavy atom. The van der Waals surface area contributed by atoms with Crippen molar-refractivity contribution in [3.63, 3.8) is 0 Å². The Kier molecular flexibility index (Phi) is 5.58. The number of aliphatic hydroxyl groups is 1. The van der Waals surface area contributed by atoms with E-state index < -0.39 is 0 Å². The summed E-state index contributed by atoms with van der Waals surface area (Å²) in [6.07, 6.45) is 1.02. The average molecular weight is 275 g/mol. The molecule has 0 saturated heterocycles. The first-order chi connectivity index (χ1) is 9.79. The van der Waals surface area contributed by atoms with Crippen LogP contribution in [0.4, 0.5) is 5.69 Å². The lowest BCUT2D eigenvalue weighted by Gasteiger charge is -2.11. The topological polar surface area (TPSA) is 70.3 Å². The van der Waals surface area contributed by atoms with E-state index >= 15 is 0 Å². The summed E-state index contributed by atoms with van der Waals surface area (Å²) in [6, 6.07) is 12.1. The molecular formula is C15H21N3O2. The molecule has 0 aliphatic carbocycles. The summed E-state index contributed by atoms with van der Waals surface area (Å²) in [5.74, 6) is 0.499. The lowest BCUT2D eigenvalue weighted by atomic mass is 10.2. The van der Waals surface area contributed by atoms with Gasteiger partial charge in [-0.3, -0.25) is 0 Å². The van der Waals surface area contributed by atoms with Crippen molar-refractivity contribution in [3.05, 3.63) is 47.9 Å². The molecule has 5 nitrogen and oxygen atoms in total. The van der Waals surface area contributed by atoms with E-state index in [2.05, 4.69) is 27.9 Å². The summed E-state index contributed by atoms with van der Waals surface area (Å²) >= 11 is 0. The molecule has 3 N–H and O–H groups in total. The molecule has 2 rings (SSSR count). The molecule has 0 radical (unpaired) electrons. The van der Waals surface area contributed by atoms with Crippen molar-refractivity contribution in [2.45, 2.75) is 26.0 Å². The van der Waals surface area contributed by atoms with E-state index in [1.165, 1.54) is 0 Å². The number of aromatic nitrogens is 1. The highest BCUT2D eigenvalue weighted by Gasteiger charge is 2.10. The minimum Gasteiger partial charge on any atom is -0.388 e. The Labute approximate surface area is 119 Å². The number of hydrogen-bond acceptors (Lipinski definition) is 5. The third-order valence-corrected chi connectivity index (χ3v) is 3.08. The first kappa shape index (κ1) is 14.6. The number of hydrogen-bond donors (Lipinski definition) is 3. The number of nitrogens with zero attached hydrogens (tertiary/aromatic N) is 1. The van der Waals surface area contributed by atoms with Gasteiger partial charge in [-0.1, -0.05) is 23.4 Å². The van der Waals surface area contributed by atoms with Gasteiger partial charge >= 0.3 is 0 Å². The molecule has 20 heavy (non-hydrogen) atoms. The van der Waals surface area contributed by atoms with Crippen LogP contribution in [-0.4, -0.2) is 23.4 Å². The molecule has 5 heteroatoms. The van der Waals surface area contributed by atoms with Gasteiger partial charge in [-0.2, -0.15) is 0 Å². The van der Waals surface area contributed by atoms with Crippen LogP contribution in [0.3, 0.4) is 0 Å². The zero-order chi connectivity index (χ0) is 14.2. The normalized spacial score (nSPS) is 12.3. The van der Waals surface area contributed by atoms with Gasteiger partial charge in [-0.05, 0) is 32.0 Å². The molecular weight excluding hydrogens is 254 g/mol. The van der Waals surface area contributed by atoms with Crippen molar-refractivity contribution in [3.8, 4) is 0 Å². The molecule has 1 aromatic carbocycles. The molecule has 0 unspecified atom stereocenters. The van der Waals surface area contributed by atoms with Crippen LogP contribution in [0.25, 0.3) is 0 Å². The first-order valence-electron chi connectivity index (χ1n) is 6.88. The molecule has 0 fully saturated rings. The molecule has 1 heterocycles. The van der Waals surface area contributed by atoms with Crippen molar-refractivity contribution in [1.82, 2.24) is 10.5 Å². The van der Waals surface area contributed by atoms with Gasteiger partial charge in [0, 0.05) is 18.3 Å². The lowest BCUT2D eigenvalue weighted by Crippen LogP contribution is -2.22. The standard InChI is InChI=1S/C15H21N3O2/c1-12(15-10-14(11-19)20-18-15)16-8-5-9-17-13-6-3-2-4-7-13/h2-4,6-7,10,12,16-17,19H,5,8-9,11H2,1H3/t12-/m1/s1. The second kappa shape index (κ2) is 7.67. The van der Waals surface area contributed by atoms with Crippen molar-refractivity contribution >= 4 is 5.69 Å². The summed E-state index contributed by atoms with van der Waals surface area (Å²) in [6.45, 7) is 3.73. The number of benzene rings is 1. The summed E-state index contributed by atoms with van der Waals surface area (Å²) in [4.78, 5) is 0. The Morgan fingerprint density at radius 2 is 2.05 bits per heavy atom.